The fourth-order valence-electron chi connectivity index (χ4n) is 1.14. The largest absolute Gasteiger partial charge is 0.398 e. The summed E-state index contributed by atoms with van der Waals surface area (Å²) in [5.74, 6) is -0.153. The van der Waals surface area contributed by atoms with Crippen molar-refractivity contribution < 1.29 is 4.92 Å². The van der Waals surface area contributed by atoms with Crippen LogP contribution in [0.2, 0.25) is 0 Å². The Morgan fingerprint density at radius 1 is 1.54 bits per heavy atom. The molecule has 2 rings (SSSR count). The van der Waals surface area contributed by atoms with Crippen LogP contribution in [-0.4, -0.2) is 14.3 Å². The van der Waals surface area contributed by atoms with Crippen molar-refractivity contribution in [2.24, 2.45) is 0 Å². The summed E-state index contributed by atoms with van der Waals surface area (Å²) in [5, 5.41) is 10.5. The first-order valence-electron chi connectivity index (χ1n) is 3.55. The van der Waals surface area contributed by atoms with Gasteiger partial charge in [0.05, 0.1) is 0 Å². The highest BCUT2D eigenvalue weighted by Gasteiger charge is 2.14. The van der Waals surface area contributed by atoms with Crippen molar-refractivity contribution in [2.45, 2.75) is 0 Å². The molecule has 0 aromatic carbocycles. The van der Waals surface area contributed by atoms with Crippen molar-refractivity contribution in [1.29, 1.82) is 0 Å². The molecule has 0 amide bonds. The van der Waals surface area contributed by atoms with Gasteiger partial charge in [0.1, 0.15) is 5.52 Å². The normalized spacial score (nSPS) is 10.5. The van der Waals surface area contributed by atoms with Crippen LogP contribution in [-0.2, 0) is 0 Å². The Morgan fingerprint density at radius 2 is 2.31 bits per heavy atom. The van der Waals surface area contributed by atoms with E-state index in [1.807, 2.05) is 0 Å². The summed E-state index contributed by atoms with van der Waals surface area (Å²) in [6, 6.07) is 3.17. The molecule has 0 radical (unpaired) electrons. The van der Waals surface area contributed by atoms with E-state index in [0.717, 1.165) is 0 Å². The number of nitro groups is 1. The molecule has 2 N–H and O–H groups in total. The number of pyridine rings is 1. The lowest BCUT2D eigenvalue weighted by Gasteiger charge is -1.94. The van der Waals surface area contributed by atoms with Crippen molar-refractivity contribution in [3.63, 3.8) is 0 Å². The lowest BCUT2D eigenvalue weighted by atomic mass is 10.4. The van der Waals surface area contributed by atoms with Gasteiger partial charge in [0, 0.05) is 11.9 Å². The highest BCUT2D eigenvalue weighted by atomic mass is 16.6. The summed E-state index contributed by atoms with van der Waals surface area (Å²) in [4.78, 5) is 13.6. The van der Waals surface area contributed by atoms with Crippen molar-refractivity contribution in [1.82, 2.24) is 9.38 Å². The van der Waals surface area contributed by atoms with Gasteiger partial charge < -0.3 is 15.8 Å². The lowest BCUT2D eigenvalue weighted by Crippen LogP contribution is -1.91. The van der Waals surface area contributed by atoms with Crippen LogP contribution >= 0.6 is 0 Å². The molecule has 0 fully saturated rings. The predicted molar refractivity (Wildman–Crippen MR) is 46.3 cm³/mol. The molecule has 13 heavy (non-hydrogen) atoms. The minimum Gasteiger partial charge on any atom is -0.398 e. The van der Waals surface area contributed by atoms with E-state index in [9.17, 15) is 10.1 Å². The van der Waals surface area contributed by atoms with Crippen LogP contribution in [0, 0.1) is 10.1 Å². The molecule has 2 heterocycles. The van der Waals surface area contributed by atoms with Crippen molar-refractivity contribution in [2.75, 3.05) is 5.73 Å². The number of hydrogen-bond donors (Lipinski definition) is 1. The Kier molecular flexibility index (Phi) is 1.42. The second-order valence-electron chi connectivity index (χ2n) is 2.58. The Hall–Kier alpha value is -2.11. The third-order valence-electron chi connectivity index (χ3n) is 1.71. The standard InChI is InChI=1S/C7H6N4O2/c8-5-1-2-6-7(11(12)13)9-4-10(6)3-5/h1-4H,8H2. The van der Waals surface area contributed by atoms with E-state index in [2.05, 4.69) is 4.98 Å². The quantitative estimate of drug-likeness (QED) is 0.517. The van der Waals surface area contributed by atoms with Crippen LogP contribution in [0.1, 0.15) is 0 Å². The molecule has 0 aliphatic heterocycles. The molecule has 0 saturated carbocycles. The Bertz CT molecular complexity index is 476. The van der Waals surface area contributed by atoms with Gasteiger partial charge in [0.25, 0.3) is 0 Å². The van der Waals surface area contributed by atoms with Gasteiger partial charge in [-0.2, -0.15) is 0 Å². The molecule has 6 nitrogen and oxygen atoms in total. The zero-order chi connectivity index (χ0) is 9.42. The van der Waals surface area contributed by atoms with Gasteiger partial charge in [-0.15, -0.1) is 0 Å². The minimum absolute atomic E-state index is 0.153. The molecule has 0 atom stereocenters. The maximum Gasteiger partial charge on any atom is 0.389 e. The SMILES string of the molecule is Nc1ccc2c([N+](=O)[O-])ncn2c1. The average Bonchev–Trinajstić information content (AvgIpc) is 2.46. The van der Waals surface area contributed by atoms with Gasteiger partial charge in [-0.3, -0.25) is 4.40 Å². The van der Waals surface area contributed by atoms with Crippen molar-refractivity contribution in [3.05, 3.63) is 34.8 Å². The minimum atomic E-state index is -0.522. The Labute approximate surface area is 72.8 Å². The number of hydrogen-bond acceptors (Lipinski definition) is 4. The number of fused-ring (bicyclic) bond motifs is 1. The summed E-state index contributed by atoms with van der Waals surface area (Å²) in [6.45, 7) is 0. The molecule has 66 valence electrons. The number of imidazole rings is 1. The van der Waals surface area contributed by atoms with Crippen molar-refractivity contribution in [3.8, 4) is 0 Å². The summed E-state index contributed by atoms with van der Waals surface area (Å²) < 4.78 is 1.52. The number of nitrogens with two attached hydrogens (primary N) is 1. The van der Waals surface area contributed by atoms with Gasteiger partial charge in [0.15, 0.2) is 0 Å². The van der Waals surface area contributed by atoms with E-state index < -0.39 is 4.92 Å². The van der Waals surface area contributed by atoms with Gasteiger partial charge in [-0.05, 0) is 22.0 Å². The maximum atomic E-state index is 10.5. The van der Waals surface area contributed by atoms with Crippen LogP contribution in [0.4, 0.5) is 11.5 Å². The summed E-state index contributed by atoms with van der Waals surface area (Å²) in [6.07, 6.45) is 2.94. The first kappa shape index (κ1) is 7.53. The average molecular weight is 178 g/mol. The Balaban J connectivity index is 2.76. The molecule has 0 aliphatic carbocycles. The fourth-order valence-corrected chi connectivity index (χ4v) is 1.14. The molecule has 6 heteroatoms. The van der Waals surface area contributed by atoms with E-state index in [1.165, 1.54) is 10.7 Å². The molecule has 2 aromatic heterocycles. The van der Waals surface area contributed by atoms with Gasteiger partial charge in [-0.1, -0.05) is 0 Å². The fraction of sp³-hybridized carbons (Fsp3) is 0. The van der Waals surface area contributed by atoms with E-state index in [4.69, 9.17) is 5.73 Å². The molecule has 0 bridgehead atoms. The van der Waals surface area contributed by atoms with E-state index in [1.54, 1.807) is 18.3 Å². The zero-order valence-corrected chi connectivity index (χ0v) is 6.54. The summed E-state index contributed by atoms with van der Waals surface area (Å²) in [5.41, 5.74) is 6.48. The van der Waals surface area contributed by atoms with E-state index >= 15 is 0 Å². The molecular formula is C7H6N4O2. The first-order chi connectivity index (χ1) is 6.18. The van der Waals surface area contributed by atoms with Crippen LogP contribution in [0.25, 0.3) is 5.52 Å². The number of nitrogens with zero attached hydrogens (tertiary/aromatic N) is 3. The highest BCUT2D eigenvalue weighted by Crippen LogP contribution is 2.18. The molecule has 0 unspecified atom stereocenters. The second-order valence-corrected chi connectivity index (χ2v) is 2.58. The molecule has 2 aromatic rings. The molecule has 0 spiro atoms. The summed E-state index contributed by atoms with van der Waals surface area (Å²) in [7, 11) is 0. The van der Waals surface area contributed by atoms with Gasteiger partial charge >= 0.3 is 5.82 Å². The molecule has 0 saturated heterocycles. The lowest BCUT2D eigenvalue weighted by molar-refractivity contribution is -0.387. The number of aromatic nitrogens is 2. The first-order valence-corrected chi connectivity index (χ1v) is 3.55. The van der Waals surface area contributed by atoms with Crippen LogP contribution in [0.3, 0.4) is 0 Å². The predicted octanol–water partition coefficient (Wildman–Crippen LogP) is 0.825. The third-order valence-corrected chi connectivity index (χ3v) is 1.71. The van der Waals surface area contributed by atoms with Crippen LogP contribution in [0.15, 0.2) is 24.7 Å². The number of rotatable bonds is 1. The van der Waals surface area contributed by atoms with E-state index in [-0.39, 0.29) is 5.82 Å². The summed E-state index contributed by atoms with van der Waals surface area (Å²) >= 11 is 0. The molecular weight excluding hydrogens is 172 g/mol. The second kappa shape index (κ2) is 2.44. The highest BCUT2D eigenvalue weighted by molar-refractivity contribution is 5.63. The maximum absolute atomic E-state index is 10.5. The smallest absolute Gasteiger partial charge is 0.389 e. The van der Waals surface area contributed by atoms with Crippen LogP contribution in [0.5, 0.6) is 0 Å². The van der Waals surface area contributed by atoms with Crippen molar-refractivity contribution >= 4 is 17.0 Å². The Morgan fingerprint density at radius 3 is 3.00 bits per heavy atom. The third kappa shape index (κ3) is 1.08. The van der Waals surface area contributed by atoms with Crippen LogP contribution < -0.4 is 5.73 Å². The zero-order valence-electron chi connectivity index (χ0n) is 6.54. The molecule has 0 aliphatic rings. The monoisotopic (exact) mass is 178 g/mol. The number of anilines is 1. The van der Waals surface area contributed by atoms with E-state index in [0.29, 0.717) is 11.2 Å². The van der Waals surface area contributed by atoms with Gasteiger partial charge in [0.2, 0.25) is 6.33 Å². The van der Waals surface area contributed by atoms with Gasteiger partial charge in [-0.25, -0.2) is 0 Å². The topological polar surface area (TPSA) is 86.5 Å². The number of nitrogen functional groups attached to an aromatic ring is 1.